The van der Waals surface area contributed by atoms with E-state index >= 15 is 0 Å². The molecule has 1 N–H and O–H groups in total. The Kier molecular flexibility index (Phi) is 6.16. The van der Waals surface area contributed by atoms with Crippen LogP contribution in [0.25, 0.3) is 0 Å². The van der Waals surface area contributed by atoms with Gasteiger partial charge >= 0.3 is 0 Å². The summed E-state index contributed by atoms with van der Waals surface area (Å²) >= 11 is 2.03. The van der Waals surface area contributed by atoms with Crippen LogP contribution in [-0.2, 0) is 4.74 Å². The first-order valence-corrected chi connectivity index (χ1v) is 7.61. The summed E-state index contributed by atoms with van der Waals surface area (Å²) in [6.07, 6.45) is 2.90. The fourth-order valence-corrected chi connectivity index (χ4v) is 2.95. The highest BCUT2D eigenvalue weighted by atomic mass is 32.2. The Morgan fingerprint density at radius 1 is 1.44 bits per heavy atom. The summed E-state index contributed by atoms with van der Waals surface area (Å²) in [6.45, 7) is 11.1. The van der Waals surface area contributed by atoms with Gasteiger partial charge in [-0.25, -0.2) is 0 Å². The van der Waals surface area contributed by atoms with Gasteiger partial charge in [0.15, 0.2) is 0 Å². The molecule has 1 aliphatic heterocycles. The van der Waals surface area contributed by atoms with Crippen LogP contribution in [0, 0.1) is 5.41 Å². The van der Waals surface area contributed by atoms with E-state index < -0.39 is 0 Å². The molecule has 0 radical (unpaired) electrons. The lowest BCUT2D eigenvalue weighted by molar-refractivity contribution is 0.0422. The summed E-state index contributed by atoms with van der Waals surface area (Å²) in [5.74, 6) is 2.32. The van der Waals surface area contributed by atoms with E-state index in [0.717, 1.165) is 24.7 Å². The number of likely N-dealkylation sites (N-methyl/N-ethyl adjacent to an activating group) is 1. The van der Waals surface area contributed by atoms with Gasteiger partial charge in [-0.2, -0.15) is 11.8 Å². The molecule has 0 bridgehead atoms. The second-order valence-corrected chi connectivity index (χ2v) is 6.90. The van der Waals surface area contributed by atoms with Gasteiger partial charge < -0.3 is 10.1 Å². The maximum absolute atomic E-state index is 5.87. The third-order valence-electron chi connectivity index (χ3n) is 2.96. The van der Waals surface area contributed by atoms with E-state index in [1.54, 1.807) is 0 Å². The van der Waals surface area contributed by atoms with Crippen molar-refractivity contribution in [3.63, 3.8) is 0 Å². The van der Waals surface area contributed by atoms with Gasteiger partial charge in [0.2, 0.25) is 0 Å². The predicted octanol–water partition coefficient (Wildman–Crippen LogP) is 2.92. The molecule has 0 aliphatic carbocycles. The van der Waals surface area contributed by atoms with E-state index in [1.807, 2.05) is 11.8 Å². The molecule has 0 spiro atoms. The predicted molar refractivity (Wildman–Crippen MR) is 73.2 cm³/mol. The van der Waals surface area contributed by atoms with E-state index in [2.05, 4.69) is 33.0 Å². The molecule has 0 aromatic carbocycles. The van der Waals surface area contributed by atoms with Crippen LogP contribution in [0.1, 0.15) is 40.5 Å². The SMILES string of the molecule is CCNC(CCC(C)(C)C)C1CSCCO1. The van der Waals surface area contributed by atoms with Crippen molar-refractivity contribution < 1.29 is 4.74 Å². The molecule has 0 aromatic heterocycles. The summed E-state index contributed by atoms with van der Waals surface area (Å²) in [4.78, 5) is 0. The summed E-state index contributed by atoms with van der Waals surface area (Å²) in [5.41, 5.74) is 0.426. The van der Waals surface area contributed by atoms with Crippen molar-refractivity contribution in [2.24, 2.45) is 5.41 Å². The fourth-order valence-electron chi connectivity index (χ4n) is 2.01. The standard InChI is InChI=1S/C13H27NOS/c1-5-14-11(6-7-13(2,3)4)12-10-16-9-8-15-12/h11-12,14H,5-10H2,1-4H3. The highest BCUT2D eigenvalue weighted by Gasteiger charge is 2.25. The molecule has 2 unspecified atom stereocenters. The highest BCUT2D eigenvalue weighted by Crippen LogP contribution is 2.25. The van der Waals surface area contributed by atoms with Gasteiger partial charge in [-0.1, -0.05) is 27.7 Å². The number of hydrogen-bond acceptors (Lipinski definition) is 3. The van der Waals surface area contributed by atoms with Crippen molar-refractivity contribution in [1.82, 2.24) is 5.32 Å². The van der Waals surface area contributed by atoms with Crippen molar-refractivity contribution in [2.75, 3.05) is 24.7 Å². The Balaban J connectivity index is 2.39. The van der Waals surface area contributed by atoms with E-state index in [0.29, 0.717) is 17.6 Å². The molecular formula is C13H27NOS. The zero-order valence-electron chi connectivity index (χ0n) is 11.2. The molecular weight excluding hydrogens is 218 g/mol. The lowest BCUT2D eigenvalue weighted by Gasteiger charge is -2.32. The molecule has 16 heavy (non-hydrogen) atoms. The lowest BCUT2D eigenvalue weighted by atomic mass is 9.87. The van der Waals surface area contributed by atoms with Crippen LogP contribution in [0.3, 0.4) is 0 Å². The Morgan fingerprint density at radius 3 is 2.69 bits per heavy atom. The number of nitrogens with one attached hydrogen (secondary N) is 1. The Labute approximate surface area is 105 Å². The number of rotatable bonds is 5. The summed E-state index contributed by atoms with van der Waals surface area (Å²) in [5, 5.41) is 3.59. The molecule has 1 heterocycles. The van der Waals surface area contributed by atoms with E-state index in [-0.39, 0.29) is 0 Å². The van der Waals surface area contributed by atoms with Crippen molar-refractivity contribution in [3.8, 4) is 0 Å². The Morgan fingerprint density at radius 2 is 2.19 bits per heavy atom. The van der Waals surface area contributed by atoms with E-state index in [1.165, 1.54) is 12.8 Å². The van der Waals surface area contributed by atoms with E-state index in [9.17, 15) is 0 Å². The highest BCUT2D eigenvalue weighted by molar-refractivity contribution is 7.99. The quantitative estimate of drug-likeness (QED) is 0.805. The summed E-state index contributed by atoms with van der Waals surface area (Å²) in [6, 6.07) is 0.539. The van der Waals surface area contributed by atoms with Gasteiger partial charge in [0.25, 0.3) is 0 Å². The first-order chi connectivity index (χ1) is 7.53. The minimum Gasteiger partial charge on any atom is -0.375 e. The number of thioether (sulfide) groups is 1. The van der Waals surface area contributed by atoms with E-state index in [4.69, 9.17) is 4.74 Å². The largest absolute Gasteiger partial charge is 0.375 e. The van der Waals surface area contributed by atoms with Crippen molar-refractivity contribution in [3.05, 3.63) is 0 Å². The minimum atomic E-state index is 0.418. The first-order valence-electron chi connectivity index (χ1n) is 6.45. The molecule has 0 aromatic rings. The summed E-state index contributed by atoms with van der Waals surface area (Å²) < 4.78 is 5.87. The van der Waals surface area contributed by atoms with Crippen LogP contribution in [0.15, 0.2) is 0 Å². The normalized spacial score (nSPS) is 24.4. The molecule has 96 valence electrons. The van der Waals surface area contributed by atoms with Crippen molar-refractivity contribution in [2.45, 2.75) is 52.7 Å². The van der Waals surface area contributed by atoms with Crippen LogP contribution in [0.4, 0.5) is 0 Å². The van der Waals surface area contributed by atoms with Gasteiger partial charge in [-0.15, -0.1) is 0 Å². The van der Waals surface area contributed by atoms with Crippen LogP contribution in [0.2, 0.25) is 0 Å². The van der Waals surface area contributed by atoms with Gasteiger partial charge in [0.1, 0.15) is 0 Å². The smallest absolute Gasteiger partial charge is 0.0818 e. The monoisotopic (exact) mass is 245 g/mol. The third-order valence-corrected chi connectivity index (χ3v) is 3.98. The first kappa shape index (κ1) is 14.3. The zero-order valence-corrected chi connectivity index (χ0v) is 12.0. The topological polar surface area (TPSA) is 21.3 Å². The maximum atomic E-state index is 5.87. The van der Waals surface area contributed by atoms with Gasteiger partial charge in [0.05, 0.1) is 12.7 Å². The van der Waals surface area contributed by atoms with Gasteiger partial charge in [-0.05, 0) is 24.8 Å². The summed E-state index contributed by atoms with van der Waals surface area (Å²) in [7, 11) is 0. The van der Waals surface area contributed by atoms with Crippen LogP contribution < -0.4 is 5.32 Å². The molecule has 1 aliphatic rings. The molecule has 2 atom stereocenters. The molecule has 1 fully saturated rings. The molecule has 0 amide bonds. The molecule has 2 nitrogen and oxygen atoms in total. The molecule has 3 heteroatoms. The average Bonchev–Trinajstić information content (AvgIpc) is 2.24. The van der Waals surface area contributed by atoms with Crippen LogP contribution >= 0.6 is 11.8 Å². The third kappa shape index (κ3) is 5.55. The van der Waals surface area contributed by atoms with Crippen molar-refractivity contribution >= 4 is 11.8 Å². The molecule has 0 saturated carbocycles. The average molecular weight is 245 g/mol. The Hall–Kier alpha value is 0.270. The fraction of sp³-hybridized carbons (Fsp3) is 1.00. The number of hydrogen-bond donors (Lipinski definition) is 1. The Bertz CT molecular complexity index is 185. The van der Waals surface area contributed by atoms with Crippen LogP contribution in [-0.4, -0.2) is 36.8 Å². The second-order valence-electron chi connectivity index (χ2n) is 5.75. The van der Waals surface area contributed by atoms with Crippen molar-refractivity contribution in [1.29, 1.82) is 0 Å². The number of ether oxygens (including phenoxy) is 1. The maximum Gasteiger partial charge on any atom is 0.0818 e. The second kappa shape index (κ2) is 6.87. The van der Waals surface area contributed by atoms with Gasteiger partial charge in [-0.3, -0.25) is 0 Å². The lowest BCUT2D eigenvalue weighted by Crippen LogP contribution is -2.45. The van der Waals surface area contributed by atoms with Crippen LogP contribution in [0.5, 0.6) is 0 Å². The van der Waals surface area contributed by atoms with Gasteiger partial charge in [0, 0.05) is 17.5 Å². The minimum absolute atomic E-state index is 0.418. The molecule has 1 rings (SSSR count). The molecule has 1 saturated heterocycles. The zero-order chi connectivity index (χ0) is 12.0.